The second-order valence-corrected chi connectivity index (χ2v) is 5.31. The van der Waals surface area contributed by atoms with Gasteiger partial charge in [-0.2, -0.15) is 13.2 Å². The van der Waals surface area contributed by atoms with E-state index in [1.807, 2.05) is 7.05 Å². The zero-order valence-corrected chi connectivity index (χ0v) is 10.8. The molecular formula is C12H22F3N3. The van der Waals surface area contributed by atoms with Crippen molar-refractivity contribution in [2.45, 2.75) is 37.5 Å². The molecule has 0 spiro atoms. The molecule has 1 N–H and O–H groups in total. The van der Waals surface area contributed by atoms with Gasteiger partial charge in [-0.15, -0.1) is 0 Å². The van der Waals surface area contributed by atoms with Crippen LogP contribution < -0.4 is 5.32 Å². The smallest absolute Gasteiger partial charge is 0.315 e. The van der Waals surface area contributed by atoms with Crippen molar-refractivity contribution in [1.82, 2.24) is 15.1 Å². The van der Waals surface area contributed by atoms with Crippen molar-refractivity contribution in [2.24, 2.45) is 0 Å². The molecule has 3 fully saturated rings. The molecule has 0 aromatic rings. The Morgan fingerprint density at radius 3 is 2.33 bits per heavy atom. The molecule has 0 aromatic heterocycles. The van der Waals surface area contributed by atoms with Gasteiger partial charge in [-0.25, -0.2) is 0 Å². The van der Waals surface area contributed by atoms with Gasteiger partial charge < -0.3 is 5.32 Å². The Morgan fingerprint density at radius 2 is 1.89 bits per heavy atom. The Hall–Kier alpha value is -0.330. The van der Waals surface area contributed by atoms with Crippen molar-refractivity contribution in [1.29, 1.82) is 0 Å². The number of piperazine rings is 3. The first-order chi connectivity index (χ1) is 8.49. The van der Waals surface area contributed by atoms with Crippen LogP contribution in [-0.4, -0.2) is 67.8 Å². The van der Waals surface area contributed by atoms with E-state index in [1.54, 1.807) is 0 Å². The van der Waals surface area contributed by atoms with E-state index < -0.39 is 12.6 Å². The highest BCUT2D eigenvalue weighted by molar-refractivity contribution is 4.94. The van der Waals surface area contributed by atoms with Crippen LogP contribution in [0.1, 0.15) is 19.3 Å². The van der Waals surface area contributed by atoms with Gasteiger partial charge in [0.25, 0.3) is 0 Å². The summed E-state index contributed by atoms with van der Waals surface area (Å²) in [7, 11) is 1.86. The second-order valence-electron chi connectivity index (χ2n) is 5.31. The summed E-state index contributed by atoms with van der Waals surface area (Å²) in [6.45, 7) is 5.33. The van der Waals surface area contributed by atoms with E-state index in [9.17, 15) is 13.2 Å². The van der Waals surface area contributed by atoms with Gasteiger partial charge in [0, 0.05) is 51.2 Å². The van der Waals surface area contributed by atoms with Crippen LogP contribution >= 0.6 is 0 Å². The van der Waals surface area contributed by atoms with Crippen LogP contribution in [-0.2, 0) is 0 Å². The summed E-state index contributed by atoms with van der Waals surface area (Å²) >= 11 is 0. The number of hydrogen-bond acceptors (Lipinski definition) is 3. The highest BCUT2D eigenvalue weighted by atomic mass is 19.4. The molecular weight excluding hydrogens is 243 g/mol. The monoisotopic (exact) mass is 265 g/mol. The molecule has 0 radical (unpaired) electrons. The van der Waals surface area contributed by atoms with Crippen LogP contribution in [0.25, 0.3) is 0 Å². The molecule has 0 aromatic carbocycles. The van der Waals surface area contributed by atoms with Gasteiger partial charge in [0.05, 0.1) is 0 Å². The average molecular weight is 265 g/mol. The predicted molar refractivity (Wildman–Crippen MR) is 64.6 cm³/mol. The number of hydrogen-bond donors (Lipinski definition) is 1. The van der Waals surface area contributed by atoms with Crippen molar-refractivity contribution in [3.05, 3.63) is 0 Å². The summed E-state index contributed by atoms with van der Waals surface area (Å²) in [5.74, 6) is 0. The minimum atomic E-state index is -4.02. The minimum Gasteiger partial charge on any atom is -0.315 e. The van der Waals surface area contributed by atoms with E-state index in [0.717, 1.165) is 32.7 Å². The third-order valence-electron chi connectivity index (χ3n) is 4.13. The second kappa shape index (κ2) is 5.75. The van der Waals surface area contributed by atoms with Crippen LogP contribution in [0.15, 0.2) is 0 Å². The van der Waals surface area contributed by atoms with Crippen LogP contribution in [0.3, 0.4) is 0 Å². The largest absolute Gasteiger partial charge is 0.389 e. The van der Waals surface area contributed by atoms with Gasteiger partial charge >= 0.3 is 6.18 Å². The van der Waals surface area contributed by atoms with Crippen LogP contribution in [0.5, 0.6) is 0 Å². The molecule has 18 heavy (non-hydrogen) atoms. The van der Waals surface area contributed by atoms with E-state index in [4.69, 9.17) is 0 Å². The number of alkyl halides is 3. The van der Waals surface area contributed by atoms with Gasteiger partial charge in [-0.1, -0.05) is 0 Å². The van der Waals surface area contributed by atoms with Crippen molar-refractivity contribution in [2.75, 3.05) is 39.8 Å². The Morgan fingerprint density at radius 1 is 1.22 bits per heavy atom. The summed E-state index contributed by atoms with van der Waals surface area (Å²) in [4.78, 5) is 4.84. The molecule has 3 aliphatic heterocycles. The fourth-order valence-corrected chi connectivity index (χ4v) is 3.09. The molecule has 0 aliphatic carbocycles. The number of likely N-dealkylation sites (N-methyl/N-ethyl adjacent to an activating group) is 1. The fourth-order valence-electron chi connectivity index (χ4n) is 3.09. The summed E-state index contributed by atoms with van der Waals surface area (Å²) in [6.07, 6.45) is -3.86. The SMILES string of the molecule is CNC(CCCC(F)(F)F)C1CN2CCN1CC2. The van der Waals surface area contributed by atoms with E-state index >= 15 is 0 Å². The lowest BCUT2D eigenvalue weighted by Gasteiger charge is -2.50. The summed E-state index contributed by atoms with van der Waals surface area (Å²) in [6, 6.07) is 0.557. The Balaban J connectivity index is 1.81. The highest BCUT2D eigenvalue weighted by Crippen LogP contribution is 2.25. The lowest BCUT2D eigenvalue weighted by atomic mass is 9.96. The van der Waals surface area contributed by atoms with Crippen LogP contribution in [0.2, 0.25) is 0 Å². The summed E-state index contributed by atoms with van der Waals surface area (Å²) in [5, 5.41) is 3.21. The quantitative estimate of drug-likeness (QED) is 0.808. The first-order valence-electron chi connectivity index (χ1n) is 6.70. The fraction of sp³-hybridized carbons (Fsp3) is 1.00. The van der Waals surface area contributed by atoms with Gasteiger partial charge in [0.15, 0.2) is 0 Å². The summed E-state index contributed by atoms with van der Waals surface area (Å²) < 4.78 is 36.5. The number of halogens is 3. The topological polar surface area (TPSA) is 18.5 Å². The number of nitrogens with zero attached hydrogens (tertiary/aromatic N) is 2. The lowest BCUT2D eigenvalue weighted by Crippen LogP contribution is -2.66. The number of fused-ring (bicyclic) bond motifs is 3. The zero-order chi connectivity index (χ0) is 13.2. The number of nitrogens with one attached hydrogen (secondary N) is 1. The average Bonchev–Trinajstić information content (AvgIpc) is 2.35. The molecule has 3 nitrogen and oxygen atoms in total. The van der Waals surface area contributed by atoms with Crippen molar-refractivity contribution < 1.29 is 13.2 Å². The summed E-state index contributed by atoms with van der Waals surface area (Å²) in [5.41, 5.74) is 0. The van der Waals surface area contributed by atoms with E-state index in [-0.39, 0.29) is 12.5 Å². The maximum absolute atomic E-state index is 12.2. The maximum atomic E-state index is 12.2. The van der Waals surface area contributed by atoms with E-state index in [2.05, 4.69) is 15.1 Å². The standard InChI is InChI=1S/C12H22F3N3/c1-16-10(3-2-4-12(13,14)15)11-9-17-5-7-18(11)8-6-17/h10-11,16H,2-9H2,1H3. The van der Waals surface area contributed by atoms with Gasteiger partial charge in [0.1, 0.15) is 0 Å². The first-order valence-corrected chi connectivity index (χ1v) is 6.70. The molecule has 106 valence electrons. The first kappa shape index (κ1) is 14.1. The molecule has 2 bridgehead atoms. The Labute approximate surface area is 106 Å². The normalized spacial score (nSPS) is 33.7. The highest BCUT2D eigenvalue weighted by Gasteiger charge is 2.36. The minimum absolute atomic E-state index is 0.176. The maximum Gasteiger partial charge on any atom is 0.389 e. The molecule has 3 saturated heterocycles. The predicted octanol–water partition coefficient (Wildman–Crippen LogP) is 1.31. The molecule has 0 saturated carbocycles. The third kappa shape index (κ3) is 3.59. The number of rotatable bonds is 5. The lowest BCUT2D eigenvalue weighted by molar-refractivity contribution is -0.136. The molecule has 3 heterocycles. The molecule has 2 atom stereocenters. The molecule has 0 amide bonds. The van der Waals surface area contributed by atoms with Gasteiger partial charge in [0.2, 0.25) is 0 Å². The van der Waals surface area contributed by atoms with E-state index in [0.29, 0.717) is 12.5 Å². The zero-order valence-electron chi connectivity index (χ0n) is 10.8. The van der Waals surface area contributed by atoms with E-state index in [1.165, 1.54) is 0 Å². The van der Waals surface area contributed by atoms with Crippen LogP contribution in [0, 0.1) is 0 Å². The molecule has 2 unspecified atom stereocenters. The molecule has 3 rings (SSSR count). The Kier molecular flexibility index (Phi) is 4.50. The Bertz CT molecular complexity index is 262. The third-order valence-corrected chi connectivity index (χ3v) is 4.13. The van der Waals surface area contributed by atoms with Crippen LogP contribution in [0.4, 0.5) is 13.2 Å². The van der Waals surface area contributed by atoms with Crippen molar-refractivity contribution in [3.63, 3.8) is 0 Å². The molecule has 3 aliphatic rings. The van der Waals surface area contributed by atoms with Gasteiger partial charge in [-0.3, -0.25) is 9.80 Å². The van der Waals surface area contributed by atoms with Gasteiger partial charge in [-0.05, 0) is 19.9 Å². The van der Waals surface area contributed by atoms with Crippen molar-refractivity contribution in [3.8, 4) is 0 Å². The molecule has 6 heteroatoms. The van der Waals surface area contributed by atoms with Crippen molar-refractivity contribution >= 4 is 0 Å².